The Morgan fingerprint density at radius 2 is 2.03 bits per heavy atom. The summed E-state index contributed by atoms with van der Waals surface area (Å²) in [5.41, 5.74) is 5.52. The summed E-state index contributed by atoms with van der Waals surface area (Å²) < 4.78 is 1.78. The minimum atomic E-state index is -0.154. The first kappa shape index (κ1) is 19.1. The number of nitrogens with one attached hydrogen (secondary N) is 1. The van der Waals surface area contributed by atoms with E-state index in [4.69, 9.17) is 9.97 Å². The smallest absolute Gasteiger partial charge is 0.255 e. The molecule has 2 heterocycles. The number of aryl methyl sites for hydroxylation is 2. The van der Waals surface area contributed by atoms with Crippen LogP contribution in [-0.4, -0.2) is 39.8 Å². The second-order valence-electron chi connectivity index (χ2n) is 7.52. The van der Waals surface area contributed by atoms with Crippen molar-refractivity contribution in [2.45, 2.75) is 39.2 Å². The van der Waals surface area contributed by atoms with Crippen LogP contribution in [-0.2, 0) is 19.4 Å². The molecule has 0 atom stereocenters. The molecule has 1 aliphatic carbocycles. The third kappa shape index (κ3) is 3.99. The number of carbonyl (C=O) groups is 1. The van der Waals surface area contributed by atoms with E-state index in [2.05, 4.69) is 10.4 Å². The van der Waals surface area contributed by atoms with Crippen LogP contribution in [0.4, 0.5) is 11.6 Å². The molecular weight excluding hydrogens is 364 g/mol. The molecule has 1 amide bonds. The van der Waals surface area contributed by atoms with Crippen molar-refractivity contribution >= 4 is 17.5 Å². The van der Waals surface area contributed by atoms with E-state index in [0.717, 1.165) is 49.2 Å². The molecule has 150 valence electrons. The van der Waals surface area contributed by atoms with Crippen LogP contribution < -0.4 is 10.2 Å². The molecule has 7 heteroatoms. The Kier molecular flexibility index (Phi) is 5.29. The van der Waals surface area contributed by atoms with Gasteiger partial charge in [-0.2, -0.15) is 5.10 Å². The molecule has 0 spiro atoms. The second kappa shape index (κ2) is 8.03. The standard InChI is InChI=1S/C22H26N6O/c1-4-28-14-17(13-23-28)24-21(29)16-9-7-8-15(12-16)20-18-10-5-6-11-19(18)25-22(26-20)27(2)3/h7-9,12-14H,4-6,10-11H2,1-3H3,(H,24,29). The van der Waals surface area contributed by atoms with Gasteiger partial charge in [-0.15, -0.1) is 0 Å². The van der Waals surface area contributed by atoms with E-state index < -0.39 is 0 Å². The molecule has 0 saturated carbocycles. The molecule has 29 heavy (non-hydrogen) atoms. The first-order valence-corrected chi connectivity index (χ1v) is 10.1. The van der Waals surface area contributed by atoms with E-state index in [-0.39, 0.29) is 5.91 Å². The maximum absolute atomic E-state index is 12.8. The number of aromatic nitrogens is 4. The molecule has 7 nitrogen and oxygen atoms in total. The predicted octanol–water partition coefficient (Wildman–Crippen LogP) is 3.56. The lowest BCUT2D eigenvalue weighted by atomic mass is 9.92. The number of fused-ring (bicyclic) bond motifs is 1. The molecule has 0 aliphatic heterocycles. The Morgan fingerprint density at radius 1 is 1.21 bits per heavy atom. The summed E-state index contributed by atoms with van der Waals surface area (Å²) in [4.78, 5) is 24.3. The lowest BCUT2D eigenvalue weighted by Gasteiger charge is -2.21. The molecule has 2 aromatic heterocycles. The minimum Gasteiger partial charge on any atom is -0.347 e. The van der Waals surface area contributed by atoms with Gasteiger partial charge in [0.1, 0.15) is 0 Å². The van der Waals surface area contributed by atoms with E-state index in [9.17, 15) is 4.79 Å². The van der Waals surface area contributed by atoms with Gasteiger partial charge in [-0.3, -0.25) is 9.48 Å². The van der Waals surface area contributed by atoms with E-state index in [1.807, 2.05) is 56.4 Å². The van der Waals surface area contributed by atoms with Gasteiger partial charge in [0.25, 0.3) is 5.91 Å². The van der Waals surface area contributed by atoms with Gasteiger partial charge in [0.15, 0.2) is 0 Å². The Hall–Kier alpha value is -3.22. The van der Waals surface area contributed by atoms with Crippen molar-refractivity contribution in [3.8, 4) is 11.3 Å². The van der Waals surface area contributed by atoms with E-state index in [1.54, 1.807) is 10.9 Å². The second-order valence-corrected chi connectivity index (χ2v) is 7.52. The molecule has 1 aliphatic rings. The fourth-order valence-electron chi connectivity index (χ4n) is 3.63. The number of hydrogen-bond donors (Lipinski definition) is 1. The SMILES string of the molecule is CCn1cc(NC(=O)c2cccc(-c3nc(N(C)C)nc4c3CCCC4)c2)cn1. The maximum Gasteiger partial charge on any atom is 0.255 e. The van der Waals surface area contributed by atoms with E-state index in [0.29, 0.717) is 17.2 Å². The molecular formula is C22H26N6O. The van der Waals surface area contributed by atoms with Crippen molar-refractivity contribution in [2.75, 3.05) is 24.3 Å². The lowest BCUT2D eigenvalue weighted by molar-refractivity contribution is 0.102. The van der Waals surface area contributed by atoms with Crippen LogP contribution >= 0.6 is 0 Å². The van der Waals surface area contributed by atoms with Gasteiger partial charge >= 0.3 is 0 Å². The molecule has 4 rings (SSSR count). The highest BCUT2D eigenvalue weighted by atomic mass is 16.1. The van der Waals surface area contributed by atoms with Crippen LogP contribution in [0.25, 0.3) is 11.3 Å². The van der Waals surface area contributed by atoms with Gasteiger partial charge in [0.05, 0.1) is 17.6 Å². The Balaban J connectivity index is 1.68. The van der Waals surface area contributed by atoms with Crippen molar-refractivity contribution in [3.63, 3.8) is 0 Å². The molecule has 1 N–H and O–H groups in total. The predicted molar refractivity (Wildman–Crippen MR) is 114 cm³/mol. The van der Waals surface area contributed by atoms with Crippen molar-refractivity contribution in [1.29, 1.82) is 0 Å². The molecule has 1 aromatic carbocycles. The van der Waals surface area contributed by atoms with Crippen LogP contribution in [0.1, 0.15) is 41.4 Å². The zero-order chi connectivity index (χ0) is 20.4. The van der Waals surface area contributed by atoms with Crippen molar-refractivity contribution < 1.29 is 4.79 Å². The van der Waals surface area contributed by atoms with Gasteiger partial charge in [-0.1, -0.05) is 12.1 Å². The summed E-state index contributed by atoms with van der Waals surface area (Å²) in [6.45, 7) is 2.77. The summed E-state index contributed by atoms with van der Waals surface area (Å²) in [6.07, 6.45) is 7.75. The molecule has 0 bridgehead atoms. The third-order valence-corrected chi connectivity index (χ3v) is 5.18. The number of hydrogen-bond acceptors (Lipinski definition) is 5. The summed E-state index contributed by atoms with van der Waals surface area (Å²) in [5.74, 6) is 0.556. The monoisotopic (exact) mass is 390 g/mol. The molecule has 3 aromatic rings. The fraction of sp³-hybridized carbons (Fsp3) is 0.364. The first-order chi connectivity index (χ1) is 14.0. The number of amides is 1. The number of anilines is 2. The third-order valence-electron chi connectivity index (χ3n) is 5.18. The van der Waals surface area contributed by atoms with Gasteiger partial charge in [-0.05, 0) is 44.7 Å². The Labute approximate surface area is 170 Å². The van der Waals surface area contributed by atoms with Crippen LogP contribution in [0.5, 0.6) is 0 Å². The number of rotatable bonds is 5. The fourth-order valence-corrected chi connectivity index (χ4v) is 3.63. The zero-order valence-corrected chi connectivity index (χ0v) is 17.1. The number of carbonyl (C=O) groups excluding carboxylic acids is 1. The number of benzene rings is 1. The number of nitrogens with zero attached hydrogens (tertiary/aromatic N) is 5. The summed E-state index contributed by atoms with van der Waals surface area (Å²) in [6, 6.07) is 7.66. The van der Waals surface area contributed by atoms with Gasteiger partial charge in [0.2, 0.25) is 5.95 Å². The molecule has 0 fully saturated rings. The highest BCUT2D eigenvalue weighted by molar-refractivity contribution is 6.04. The topological polar surface area (TPSA) is 75.9 Å². The average molecular weight is 390 g/mol. The van der Waals surface area contributed by atoms with Crippen molar-refractivity contribution in [1.82, 2.24) is 19.7 Å². The minimum absolute atomic E-state index is 0.154. The Morgan fingerprint density at radius 3 is 2.79 bits per heavy atom. The summed E-state index contributed by atoms with van der Waals surface area (Å²) in [7, 11) is 3.91. The quantitative estimate of drug-likeness (QED) is 0.721. The maximum atomic E-state index is 12.8. The van der Waals surface area contributed by atoms with Gasteiger partial charge in [-0.25, -0.2) is 9.97 Å². The molecule has 0 saturated heterocycles. The highest BCUT2D eigenvalue weighted by Gasteiger charge is 2.20. The average Bonchev–Trinajstić information content (AvgIpc) is 3.20. The van der Waals surface area contributed by atoms with Crippen LogP contribution in [0.3, 0.4) is 0 Å². The van der Waals surface area contributed by atoms with Crippen molar-refractivity contribution in [2.24, 2.45) is 0 Å². The van der Waals surface area contributed by atoms with E-state index >= 15 is 0 Å². The highest BCUT2D eigenvalue weighted by Crippen LogP contribution is 2.31. The molecule has 0 radical (unpaired) electrons. The van der Waals surface area contributed by atoms with Crippen LogP contribution in [0.15, 0.2) is 36.7 Å². The Bertz CT molecular complexity index is 1040. The first-order valence-electron chi connectivity index (χ1n) is 10.1. The van der Waals surface area contributed by atoms with Gasteiger partial charge < -0.3 is 10.2 Å². The lowest BCUT2D eigenvalue weighted by Crippen LogP contribution is -2.18. The summed E-state index contributed by atoms with van der Waals surface area (Å²) in [5, 5.41) is 7.12. The van der Waals surface area contributed by atoms with Crippen molar-refractivity contribution in [3.05, 3.63) is 53.5 Å². The van der Waals surface area contributed by atoms with Crippen LogP contribution in [0.2, 0.25) is 0 Å². The van der Waals surface area contributed by atoms with Crippen LogP contribution in [0, 0.1) is 0 Å². The molecule has 0 unspecified atom stereocenters. The normalized spacial score (nSPS) is 13.1. The largest absolute Gasteiger partial charge is 0.347 e. The summed E-state index contributed by atoms with van der Waals surface area (Å²) >= 11 is 0. The van der Waals surface area contributed by atoms with E-state index in [1.165, 1.54) is 5.56 Å². The zero-order valence-electron chi connectivity index (χ0n) is 17.1. The van der Waals surface area contributed by atoms with Gasteiger partial charge in [0, 0.05) is 49.2 Å².